The van der Waals surface area contributed by atoms with Crippen molar-refractivity contribution in [3.05, 3.63) is 17.4 Å². The van der Waals surface area contributed by atoms with Gasteiger partial charge in [-0.25, -0.2) is 9.59 Å². The lowest BCUT2D eigenvalue weighted by atomic mass is 10.2. The van der Waals surface area contributed by atoms with Crippen LogP contribution in [0.4, 0.5) is 15.3 Å². The molecular weight excluding hydrogens is 262 g/mol. The lowest BCUT2D eigenvalue weighted by molar-refractivity contribution is 0.0582. The van der Waals surface area contributed by atoms with Gasteiger partial charge in [-0.15, -0.1) is 5.10 Å². The van der Waals surface area contributed by atoms with Gasteiger partial charge in [0.25, 0.3) is 0 Å². The van der Waals surface area contributed by atoms with Crippen molar-refractivity contribution in [2.45, 2.75) is 26.4 Å². The van der Waals surface area contributed by atoms with Crippen molar-refractivity contribution in [2.75, 3.05) is 4.90 Å². The molecule has 1 heterocycles. The van der Waals surface area contributed by atoms with Gasteiger partial charge in [0.05, 0.1) is 11.9 Å². The molecule has 98 valence electrons. The Balaban J connectivity index is 3.04. The van der Waals surface area contributed by atoms with Crippen molar-refractivity contribution in [3.8, 4) is 0 Å². The van der Waals surface area contributed by atoms with E-state index in [2.05, 4.69) is 10.2 Å². The third-order valence-electron chi connectivity index (χ3n) is 1.64. The number of imide groups is 1. The highest BCUT2D eigenvalue weighted by molar-refractivity contribution is 6.29. The number of carbonyl (C=O) groups excluding carboxylic acids is 1. The Labute approximate surface area is 108 Å². The first-order valence-electron chi connectivity index (χ1n) is 4.95. The Morgan fingerprint density at radius 1 is 1.44 bits per heavy atom. The predicted molar refractivity (Wildman–Crippen MR) is 63.8 cm³/mol. The summed E-state index contributed by atoms with van der Waals surface area (Å²) in [6.45, 7) is 4.88. The SMILES string of the molecule is CC(C)(C)OC(=O)N(C(=O)O)c1cnnc(Cl)c1. The lowest BCUT2D eigenvalue weighted by Crippen LogP contribution is -2.40. The first-order chi connectivity index (χ1) is 8.20. The molecule has 7 nitrogen and oxygen atoms in total. The molecule has 0 unspecified atom stereocenters. The van der Waals surface area contributed by atoms with E-state index in [1.165, 1.54) is 6.07 Å². The van der Waals surface area contributed by atoms with E-state index in [0.29, 0.717) is 4.90 Å². The van der Waals surface area contributed by atoms with E-state index in [9.17, 15) is 9.59 Å². The molecule has 0 saturated carbocycles. The van der Waals surface area contributed by atoms with Gasteiger partial charge in [-0.3, -0.25) is 0 Å². The summed E-state index contributed by atoms with van der Waals surface area (Å²) >= 11 is 5.59. The second-order valence-corrected chi connectivity index (χ2v) is 4.72. The Hall–Kier alpha value is -1.89. The molecule has 0 aliphatic heterocycles. The molecule has 0 atom stereocenters. The largest absolute Gasteiger partial charge is 0.464 e. The molecule has 8 heteroatoms. The van der Waals surface area contributed by atoms with E-state index in [0.717, 1.165) is 6.20 Å². The summed E-state index contributed by atoms with van der Waals surface area (Å²) in [5.74, 6) is 0. The third-order valence-corrected chi connectivity index (χ3v) is 1.82. The molecule has 1 aromatic rings. The average molecular weight is 274 g/mol. The minimum atomic E-state index is -1.49. The zero-order chi connectivity index (χ0) is 13.9. The van der Waals surface area contributed by atoms with Crippen LogP contribution >= 0.6 is 11.6 Å². The fourth-order valence-electron chi connectivity index (χ4n) is 1.06. The van der Waals surface area contributed by atoms with E-state index in [4.69, 9.17) is 21.4 Å². The topological polar surface area (TPSA) is 92.6 Å². The molecule has 0 aliphatic carbocycles. The smallest absolute Gasteiger partial charge is 0.424 e. The van der Waals surface area contributed by atoms with Crippen LogP contribution in [0.1, 0.15) is 20.8 Å². The molecular formula is C10H12ClN3O4. The van der Waals surface area contributed by atoms with Crippen molar-refractivity contribution in [1.82, 2.24) is 10.2 Å². The zero-order valence-electron chi connectivity index (χ0n) is 10.0. The summed E-state index contributed by atoms with van der Waals surface area (Å²) in [7, 11) is 0. The van der Waals surface area contributed by atoms with Gasteiger partial charge in [-0.2, -0.15) is 10.00 Å². The maximum Gasteiger partial charge on any atom is 0.424 e. The predicted octanol–water partition coefficient (Wildman–Crippen LogP) is 2.55. The maximum absolute atomic E-state index is 11.7. The minimum Gasteiger partial charge on any atom is -0.464 e. The van der Waals surface area contributed by atoms with Crippen LogP contribution in [0.3, 0.4) is 0 Å². The van der Waals surface area contributed by atoms with E-state index in [1.807, 2.05) is 0 Å². The van der Waals surface area contributed by atoms with Crippen LogP contribution in [0, 0.1) is 0 Å². The molecule has 18 heavy (non-hydrogen) atoms. The van der Waals surface area contributed by atoms with Crippen molar-refractivity contribution in [2.24, 2.45) is 0 Å². The highest BCUT2D eigenvalue weighted by Crippen LogP contribution is 2.19. The van der Waals surface area contributed by atoms with E-state index in [1.54, 1.807) is 20.8 Å². The molecule has 0 bridgehead atoms. The van der Waals surface area contributed by atoms with Crippen LogP contribution in [0.5, 0.6) is 0 Å². The summed E-state index contributed by atoms with van der Waals surface area (Å²) in [6.07, 6.45) is -1.42. The molecule has 0 aliphatic rings. The van der Waals surface area contributed by atoms with Gasteiger partial charge in [-0.1, -0.05) is 11.6 Å². The minimum absolute atomic E-state index is 0.0256. The van der Waals surface area contributed by atoms with Crippen molar-refractivity contribution in [3.63, 3.8) is 0 Å². The summed E-state index contributed by atoms with van der Waals surface area (Å²) in [6, 6.07) is 1.20. The summed E-state index contributed by atoms with van der Waals surface area (Å²) in [4.78, 5) is 23.2. The van der Waals surface area contributed by atoms with Crippen LogP contribution < -0.4 is 4.90 Å². The molecule has 1 rings (SSSR count). The lowest BCUT2D eigenvalue weighted by Gasteiger charge is -2.24. The highest BCUT2D eigenvalue weighted by Gasteiger charge is 2.29. The van der Waals surface area contributed by atoms with Gasteiger partial charge >= 0.3 is 12.2 Å². The number of amides is 2. The number of ether oxygens (including phenoxy) is 1. The molecule has 0 aromatic carbocycles. The number of carboxylic acid groups (broad SMARTS) is 1. The third kappa shape index (κ3) is 3.85. The molecule has 0 spiro atoms. The summed E-state index contributed by atoms with van der Waals surface area (Å²) < 4.78 is 4.97. The number of aromatic nitrogens is 2. The number of rotatable bonds is 1. The van der Waals surface area contributed by atoms with E-state index in [-0.39, 0.29) is 10.8 Å². The van der Waals surface area contributed by atoms with Gasteiger partial charge in [0.15, 0.2) is 5.15 Å². The van der Waals surface area contributed by atoms with Gasteiger partial charge < -0.3 is 9.84 Å². The Morgan fingerprint density at radius 3 is 2.50 bits per heavy atom. The number of hydrogen-bond acceptors (Lipinski definition) is 5. The highest BCUT2D eigenvalue weighted by atomic mass is 35.5. The average Bonchev–Trinajstić information content (AvgIpc) is 2.13. The molecule has 0 saturated heterocycles. The second kappa shape index (κ2) is 5.18. The van der Waals surface area contributed by atoms with Gasteiger partial charge in [0.1, 0.15) is 5.60 Å². The second-order valence-electron chi connectivity index (χ2n) is 4.33. The van der Waals surface area contributed by atoms with E-state index >= 15 is 0 Å². The summed E-state index contributed by atoms with van der Waals surface area (Å²) in [5.41, 5.74) is -0.841. The molecule has 1 N–H and O–H groups in total. The zero-order valence-corrected chi connectivity index (χ0v) is 10.8. The number of hydrogen-bond donors (Lipinski definition) is 1. The Morgan fingerprint density at radius 2 is 2.06 bits per heavy atom. The fraction of sp³-hybridized carbons (Fsp3) is 0.400. The van der Waals surface area contributed by atoms with Gasteiger partial charge in [0.2, 0.25) is 0 Å². The van der Waals surface area contributed by atoms with Crippen LogP contribution in [-0.2, 0) is 4.74 Å². The first-order valence-corrected chi connectivity index (χ1v) is 5.33. The molecule has 0 radical (unpaired) electrons. The number of nitrogens with zero attached hydrogens (tertiary/aromatic N) is 3. The van der Waals surface area contributed by atoms with Crippen LogP contribution in [0.15, 0.2) is 12.3 Å². The molecule has 2 amide bonds. The van der Waals surface area contributed by atoms with E-state index < -0.39 is 17.8 Å². The number of halogens is 1. The molecule has 0 fully saturated rings. The van der Waals surface area contributed by atoms with Crippen LogP contribution in [0.2, 0.25) is 5.15 Å². The quantitative estimate of drug-likeness (QED) is 0.845. The normalized spacial score (nSPS) is 10.9. The van der Waals surface area contributed by atoms with Crippen molar-refractivity contribution in [1.29, 1.82) is 0 Å². The Kier molecular flexibility index (Phi) is 4.07. The first kappa shape index (κ1) is 14.2. The van der Waals surface area contributed by atoms with Crippen molar-refractivity contribution >= 4 is 29.5 Å². The van der Waals surface area contributed by atoms with Gasteiger partial charge in [-0.05, 0) is 20.8 Å². The summed E-state index contributed by atoms with van der Waals surface area (Å²) in [5, 5.41) is 15.9. The van der Waals surface area contributed by atoms with Crippen molar-refractivity contribution < 1.29 is 19.4 Å². The Bertz CT molecular complexity index is 472. The number of carbonyl (C=O) groups is 2. The monoisotopic (exact) mass is 273 g/mol. The van der Waals surface area contributed by atoms with Crippen LogP contribution in [0.25, 0.3) is 0 Å². The standard InChI is InChI=1S/C10H12ClN3O4/c1-10(2,3)18-9(17)14(8(15)16)6-4-7(11)13-12-5-6/h4-5H,1-3H3,(H,15,16). The maximum atomic E-state index is 11.7. The van der Waals surface area contributed by atoms with Gasteiger partial charge in [0, 0.05) is 6.07 Å². The fourth-order valence-corrected chi connectivity index (χ4v) is 1.21. The molecule has 1 aromatic heterocycles. The number of anilines is 1. The van der Waals surface area contributed by atoms with Crippen LogP contribution in [-0.4, -0.2) is 33.1 Å².